The van der Waals surface area contributed by atoms with Crippen molar-refractivity contribution in [3.63, 3.8) is 0 Å². The fraction of sp³-hybridized carbons (Fsp3) is 0.533. The van der Waals surface area contributed by atoms with E-state index in [4.69, 9.17) is 27.9 Å². The molecule has 1 amide bonds. The minimum Gasteiger partial charge on any atom is -0.494 e. The van der Waals surface area contributed by atoms with E-state index in [1.807, 2.05) is 4.90 Å². The van der Waals surface area contributed by atoms with Crippen molar-refractivity contribution in [2.24, 2.45) is 11.8 Å². The van der Waals surface area contributed by atoms with Gasteiger partial charge < -0.3 is 9.64 Å². The van der Waals surface area contributed by atoms with Crippen LogP contribution in [0.25, 0.3) is 0 Å². The van der Waals surface area contributed by atoms with Crippen LogP contribution in [0.5, 0.6) is 5.75 Å². The Kier molecular flexibility index (Phi) is 4.82. The third-order valence-electron chi connectivity index (χ3n) is 3.63. The number of carbonyl (C=O) groups excluding carboxylic acids is 1. The van der Waals surface area contributed by atoms with E-state index in [0.29, 0.717) is 33.2 Å². The van der Waals surface area contributed by atoms with Gasteiger partial charge in [-0.15, -0.1) is 0 Å². The average Bonchev–Trinajstić information content (AvgIpc) is 2.39. The number of benzene rings is 1. The molecule has 1 heterocycles. The van der Waals surface area contributed by atoms with Gasteiger partial charge in [0, 0.05) is 13.1 Å². The van der Waals surface area contributed by atoms with Crippen LogP contribution in [-0.2, 0) is 0 Å². The molecular weight excluding hydrogens is 297 g/mol. The fourth-order valence-corrected chi connectivity index (χ4v) is 3.38. The third kappa shape index (κ3) is 3.04. The SMILES string of the molecule is COc1c(Cl)ccc(Cl)c1C(=O)N1CC(C)CC(C)C1. The van der Waals surface area contributed by atoms with Gasteiger partial charge in [-0.3, -0.25) is 4.79 Å². The molecule has 1 saturated heterocycles. The Hall–Kier alpha value is -0.930. The molecule has 3 nitrogen and oxygen atoms in total. The van der Waals surface area contributed by atoms with Gasteiger partial charge in [0.15, 0.2) is 5.75 Å². The van der Waals surface area contributed by atoms with Gasteiger partial charge in [0.25, 0.3) is 5.91 Å². The average molecular weight is 316 g/mol. The number of methoxy groups -OCH3 is 1. The van der Waals surface area contributed by atoms with E-state index in [-0.39, 0.29) is 5.91 Å². The molecule has 110 valence electrons. The molecule has 1 aliphatic rings. The number of piperidine rings is 1. The smallest absolute Gasteiger partial charge is 0.259 e. The van der Waals surface area contributed by atoms with E-state index in [9.17, 15) is 4.79 Å². The largest absolute Gasteiger partial charge is 0.494 e. The van der Waals surface area contributed by atoms with Crippen molar-refractivity contribution in [3.05, 3.63) is 27.7 Å². The molecule has 0 aromatic heterocycles. The number of halogens is 2. The lowest BCUT2D eigenvalue weighted by atomic mass is 9.91. The van der Waals surface area contributed by atoms with Crippen LogP contribution in [-0.4, -0.2) is 31.0 Å². The van der Waals surface area contributed by atoms with Gasteiger partial charge in [0.2, 0.25) is 0 Å². The van der Waals surface area contributed by atoms with Crippen LogP contribution in [0.4, 0.5) is 0 Å². The molecule has 2 atom stereocenters. The summed E-state index contributed by atoms with van der Waals surface area (Å²) in [4.78, 5) is 14.6. The van der Waals surface area contributed by atoms with Crippen molar-refractivity contribution in [2.45, 2.75) is 20.3 Å². The van der Waals surface area contributed by atoms with Crippen molar-refractivity contribution in [2.75, 3.05) is 20.2 Å². The van der Waals surface area contributed by atoms with Crippen molar-refractivity contribution in [1.82, 2.24) is 4.90 Å². The molecular formula is C15H19Cl2NO2. The van der Waals surface area contributed by atoms with Gasteiger partial charge in [-0.05, 0) is 30.4 Å². The number of hydrogen-bond donors (Lipinski definition) is 0. The fourth-order valence-electron chi connectivity index (χ4n) is 2.92. The summed E-state index contributed by atoms with van der Waals surface area (Å²) in [5.74, 6) is 1.24. The van der Waals surface area contributed by atoms with E-state index < -0.39 is 0 Å². The monoisotopic (exact) mass is 315 g/mol. The Morgan fingerprint density at radius 1 is 1.20 bits per heavy atom. The number of likely N-dealkylation sites (tertiary alicyclic amines) is 1. The lowest BCUT2D eigenvalue weighted by molar-refractivity contribution is 0.0620. The van der Waals surface area contributed by atoms with Crippen LogP contribution in [0.1, 0.15) is 30.6 Å². The van der Waals surface area contributed by atoms with Gasteiger partial charge in [-0.1, -0.05) is 37.0 Å². The van der Waals surface area contributed by atoms with E-state index in [0.717, 1.165) is 19.5 Å². The van der Waals surface area contributed by atoms with Crippen molar-refractivity contribution < 1.29 is 9.53 Å². The van der Waals surface area contributed by atoms with E-state index in [2.05, 4.69) is 13.8 Å². The minimum atomic E-state index is -0.104. The summed E-state index contributed by atoms with van der Waals surface area (Å²) in [6, 6.07) is 3.28. The second kappa shape index (κ2) is 6.23. The zero-order chi connectivity index (χ0) is 14.9. The topological polar surface area (TPSA) is 29.5 Å². The van der Waals surface area contributed by atoms with E-state index in [1.165, 1.54) is 7.11 Å². The Balaban J connectivity index is 2.36. The molecule has 1 aliphatic heterocycles. The normalized spacial score (nSPS) is 22.8. The Labute approximate surface area is 129 Å². The molecule has 1 aromatic rings. The van der Waals surface area contributed by atoms with Crippen LogP contribution < -0.4 is 4.74 Å². The number of rotatable bonds is 2. The molecule has 0 saturated carbocycles. The first-order chi connectivity index (χ1) is 9.43. The van der Waals surface area contributed by atoms with Crippen LogP contribution in [0.2, 0.25) is 10.0 Å². The second-order valence-corrected chi connectivity index (χ2v) is 6.41. The number of nitrogens with zero attached hydrogens (tertiary/aromatic N) is 1. The highest BCUT2D eigenvalue weighted by Crippen LogP contribution is 2.35. The van der Waals surface area contributed by atoms with Gasteiger partial charge in [-0.2, -0.15) is 0 Å². The Bertz CT molecular complexity index is 509. The zero-order valence-electron chi connectivity index (χ0n) is 12.0. The summed E-state index contributed by atoms with van der Waals surface area (Å²) in [6.07, 6.45) is 1.14. The molecule has 20 heavy (non-hydrogen) atoms. The maximum atomic E-state index is 12.7. The standard InChI is InChI=1S/C15H19Cl2NO2/c1-9-6-10(2)8-18(7-9)15(19)13-11(16)4-5-12(17)14(13)20-3/h4-5,9-10H,6-8H2,1-3H3. The van der Waals surface area contributed by atoms with Crippen LogP contribution in [0.15, 0.2) is 12.1 Å². The summed E-state index contributed by atoms with van der Waals surface area (Å²) in [5, 5.41) is 0.778. The molecule has 2 rings (SSSR count). The zero-order valence-corrected chi connectivity index (χ0v) is 13.5. The molecule has 2 unspecified atom stereocenters. The summed E-state index contributed by atoms with van der Waals surface area (Å²) >= 11 is 12.3. The van der Waals surface area contributed by atoms with Crippen LogP contribution in [0, 0.1) is 11.8 Å². The van der Waals surface area contributed by atoms with Crippen molar-refractivity contribution >= 4 is 29.1 Å². The summed E-state index contributed by atoms with van der Waals surface area (Å²) in [5.41, 5.74) is 0.364. The number of carbonyl (C=O) groups is 1. The molecule has 0 N–H and O–H groups in total. The predicted molar refractivity (Wildman–Crippen MR) is 81.9 cm³/mol. The number of hydrogen-bond acceptors (Lipinski definition) is 2. The number of amides is 1. The predicted octanol–water partition coefficient (Wildman–Crippen LogP) is 4.12. The van der Waals surface area contributed by atoms with E-state index >= 15 is 0 Å². The summed E-state index contributed by atoms with van der Waals surface area (Å²) in [7, 11) is 1.50. The van der Waals surface area contributed by atoms with Gasteiger partial charge in [0.1, 0.15) is 5.56 Å². The summed E-state index contributed by atoms with van der Waals surface area (Å²) in [6.45, 7) is 5.81. The molecule has 0 spiro atoms. The lowest BCUT2D eigenvalue weighted by Gasteiger charge is -2.35. The van der Waals surface area contributed by atoms with Crippen molar-refractivity contribution in [3.8, 4) is 5.75 Å². The minimum absolute atomic E-state index is 0.104. The van der Waals surface area contributed by atoms with Gasteiger partial charge >= 0.3 is 0 Å². The molecule has 1 aromatic carbocycles. The highest BCUT2D eigenvalue weighted by molar-refractivity contribution is 6.37. The molecule has 5 heteroatoms. The lowest BCUT2D eigenvalue weighted by Crippen LogP contribution is -2.42. The maximum absolute atomic E-state index is 12.7. The first kappa shape index (κ1) is 15.5. The maximum Gasteiger partial charge on any atom is 0.259 e. The van der Waals surface area contributed by atoms with Gasteiger partial charge in [-0.25, -0.2) is 0 Å². The van der Waals surface area contributed by atoms with Crippen molar-refractivity contribution in [1.29, 1.82) is 0 Å². The summed E-state index contributed by atoms with van der Waals surface area (Å²) < 4.78 is 5.26. The quantitative estimate of drug-likeness (QED) is 0.821. The van der Waals surface area contributed by atoms with Crippen LogP contribution >= 0.6 is 23.2 Å². The number of ether oxygens (including phenoxy) is 1. The molecule has 0 bridgehead atoms. The van der Waals surface area contributed by atoms with Gasteiger partial charge in [0.05, 0.1) is 17.2 Å². The third-order valence-corrected chi connectivity index (χ3v) is 4.25. The van der Waals surface area contributed by atoms with E-state index in [1.54, 1.807) is 12.1 Å². The Morgan fingerprint density at radius 3 is 2.30 bits per heavy atom. The molecule has 0 aliphatic carbocycles. The second-order valence-electron chi connectivity index (χ2n) is 5.59. The highest BCUT2D eigenvalue weighted by atomic mass is 35.5. The highest BCUT2D eigenvalue weighted by Gasteiger charge is 2.29. The molecule has 1 fully saturated rings. The molecule has 0 radical (unpaired) electrons. The first-order valence-corrected chi connectivity index (χ1v) is 7.50. The van der Waals surface area contributed by atoms with Crippen LogP contribution in [0.3, 0.4) is 0 Å². The Morgan fingerprint density at radius 2 is 1.75 bits per heavy atom. The first-order valence-electron chi connectivity index (χ1n) is 6.75.